The summed E-state index contributed by atoms with van der Waals surface area (Å²) >= 11 is 0. The van der Waals surface area contributed by atoms with E-state index in [4.69, 9.17) is 5.84 Å². The Morgan fingerprint density at radius 1 is 1.19 bits per heavy atom. The first-order valence-electron chi connectivity index (χ1n) is 6.92. The van der Waals surface area contributed by atoms with Gasteiger partial charge in [0.2, 0.25) is 0 Å². The summed E-state index contributed by atoms with van der Waals surface area (Å²) in [5.74, 6) is 6.95. The molecule has 0 saturated carbocycles. The third-order valence-electron chi connectivity index (χ3n) is 3.18. The van der Waals surface area contributed by atoms with E-state index in [0.717, 1.165) is 24.0 Å². The number of hydrazine groups is 1. The first-order chi connectivity index (χ1) is 10.0. The fourth-order valence-electron chi connectivity index (χ4n) is 2.01. The Bertz CT molecular complexity index is 642. The summed E-state index contributed by atoms with van der Waals surface area (Å²) < 4.78 is 14.0. The monoisotopic (exact) mass is 289 g/mol. The number of aryl methyl sites for hydroxylation is 2. The second-order valence-corrected chi connectivity index (χ2v) is 4.96. The molecule has 5 nitrogen and oxygen atoms in total. The number of nitrogens with zero attached hydrogens (tertiary/aromatic N) is 2. The highest BCUT2D eigenvalue weighted by Gasteiger charge is 2.12. The number of anilines is 3. The topological polar surface area (TPSA) is 75.9 Å². The number of halogens is 1. The molecule has 6 heteroatoms. The predicted octanol–water partition coefficient (Wildman–Crippen LogP) is 3.21. The Kier molecular flexibility index (Phi) is 4.70. The van der Waals surface area contributed by atoms with E-state index in [0.29, 0.717) is 23.1 Å². The van der Waals surface area contributed by atoms with Gasteiger partial charge >= 0.3 is 0 Å². The lowest BCUT2D eigenvalue weighted by atomic mass is 10.2. The van der Waals surface area contributed by atoms with E-state index >= 15 is 0 Å². The molecule has 0 bridgehead atoms. The molecule has 0 aliphatic rings. The fraction of sp³-hybridized carbons (Fsp3) is 0.333. The molecule has 0 aliphatic carbocycles. The molecule has 0 atom stereocenters. The average molecular weight is 289 g/mol. The van der Waals surface area contributed by atoms with E-state index in [1.54, 1.807) is 6.07 Å². The molecule has 0 spiro atoms. The van der Waals surface area contributed by atoms with Crippen LogP contribution in [-0.2, 0) is 6.42 Å². The predicted molar refractivity (Wildman–Crippen MR) is 83.0 cm³/mol. The molecule has 0 radical (unpaired) electrons. The van der Waals surface area contributed by atoms with Crippen molar-refractivity contribution in [3.8, 4) is 0 Å². The van der Waals surface area contributed by atoms with Crippen LogP contribution in [0.2, 0.25) is 0 Å². The van der Waals surface area contributed by atoms with Crippen LogP contribution >= 0.6 is 0 Å². The van der Waals surface area contributed by atoms with Gasteiger partial charge in [0, 0.05) is 12.0 Å². The molecule has 0 unspecified atom stereocenters. The van der Waals surface area contributed by atoms with E-state index in [1.807, 2.05) is 26.8 Å². The number of rotatable bonds is 5. The Hall–Kier alpha value is -2.21. The molecule has 0 fully saturated rings. The van der Waals surface area contributed by atoms with Crippen molar-refractivity contribution in [3.05, 3.63) is 41.0 Å². The van der Waals surface area contributed by atoms with Gasteiger partial charge in [-0.1, -0.05) is 13.0 Å². The number of hydrogen-bond donors (Lipinski definition) is 3. The summed E-state index contributed by atoms with van der Waals surface area (Å²) in [4.78, 5) is 8.78. The quantitative estimate of drug-likeness (QED) is 0.582. The Morgan fingerprint density at radius 3 is 2.52 bits per heavy atom. The summed E-state index contributed by atoms with van der Waals surface area (Å²) in [5.41, 5.74) is 4.56. The smallest absolute Gasteiger partial charge is 0.148 e. The number of nitrogens with two attached hydrogens (primary N) is 1. The maximum Gasteiger partial charge on any atom is 0.148 e. The molecule has 0 saturated heterocycles. The Morgan fingerprint density at radius 2 is 1.90 bits per heavy atom. The lowest BCUT2D eigenvalue weighted by Gasteiger charge is -2.14. The zero-order valence-electron chi connectivity index (χ0n) is 12.5. The third kappa shape index (κ3) is 3.46. The molecular formula is C15H20FN5. The van der Waals surface area contributed by atoms with Crippen molar-refractivity contribution < 1.29 is 4.39 Å². The van der Waals surface area contributed by atoms with E-state index in [1.165, 1.54) is 6.07 Å². The minimum atomic E-state index is -0.313. The summed E-state index contributed by atoms with van der Waals surface area (Å²) in [6.45, 7) is 5.73. The molecule has 2 rings (SSSR count). The molecule has 21 heavy (non-hydrogen) atoms. The van der Waals surface area contributed by atoms with Crippen LogP contribution in [-0.4, -0.2) is 9.97 Å². The van der Waals surface area contributed by atoms with Crippen LogP contribution in [0, 0.1) is 19.7 Å². The van der Waals surface area contributed by atoms with Crippen LogP contribution in [0.5, 0.6) is 0 Å². The van der Waals surface area contributed by atoms with Crippen molar-refractivity contribution in [2.24, 2.45) is 5.84 Å². The third-order valence-corrected chi connectivity index (χ3v) is 3.18. The Balaban J connectivity index is 2.40. The van der Waals surface area contributed by atoms with Gasteiger partial charge in [0.1, 0.15) is 23.3 Å². The molecule has 0 amide bonds. The van der Waals surface area contributed by atoms with Crippen molar-refractivity contribution in [1.29, 1.82) is 0 Å². The maximum atomic E-state index is 14.0. The second-order valence-electron chi connectivity index (χ2n) is 4.96. The van der Waals surface area contributed by atoms with Crippen LogP contribution in [0.3, 0.4) is 0 Å². The highest BCUT2D eigenvalue weighted by Crippen LogP contribution is 2.25. The molecule has 4 N–H and O–H groups in total. The number of hydrogen-bond acceptors (Lipinski definition) is 5. The van der Waals surface area contributed by atoms with E-state index in [-0.39, 0.29) is 5.82 Å². The van der Waals surface area contributed by atoms with Gasteiger partial charge in [-0.05, 0) is 38.0 Å². The zero-order valence-corrected chi connectivity index (χ0v) is 12.5. The molecule has 2 aromatic rings. The number of benzene rings is 1. The SMILES string of the molecule is CCCc1nc(NN)c(C)c(Nc2ccc(C)cc2F)n1. The van der Waals surface area contributed by atoms with Crippen molar-refractivity contribution in [2.75, 3.05) is 10.7 Å². The second kappa shape index (κ2) is 6.49. The minimum absolute atomic E-state index is 0.313. The minimum Gasteiger partial charge on any atom is -0.337 e. The van der Waals surface area contributed by atoms with Crippen molar-refractivity contribution >= 4 is 17.3 Å². The van der Waals surface area contributed by atoms with Gasteiger partial charge in [0.05, 0.1) is 5.69 Å². The van der Waals surface area contributed by atoms with E-state index < -0.39 is 0 Å². The molecule has 0 aliphatic heterocycles. The van der Waals surface area contributed by atoms with Crippen molar-refractivity contribution in [1.82, 2.24) is 9.97 Å². The summed E-state index contributed by atoms with van der Waals surface area (Å²) in [6, 6.07) is 5.02. The summed E-state index contributed by atoms with van der Waals surface area (Å²) in [5, 5.41) is 3.02. The summed E-state index contributed by atoms with van der Waals surface area (Å²) in [7, 11) is 0. The molecular weight excluding hydrogens is 269 g/mol. The van der Waals surface area contributed by atoms with Crippen LogP contribution < -0.4 is 16.6 Å². The van der Waals surface area contributed by atoms with Gasteiger partial charge < -0.3 is 10.7 Å². The molecule has 1 aromatic heterocycles. The summed E-state index contributed by atoms with van der Waals surface area (Å²) in [6.07, 6.45) is 1.66. The van der Waals surface area contributed by atoms with Crippen molar-refractivity contribution in [2.45, 2.75) is 33.6 Å². The number of nitrogen functional groups attached to an aromatic ring is 1. The first kappa shape index (κ1) is 15.2. The van der Waals surface area contributed by atoms with Crippen LogP contribution in [0.25, 0.3) is 0 Å². The van der Waals surface area contributed by atoms with Gasteiger partial charge in [-0.3, -0.25) is 0 Å². The van der Waals surface area contributed by atoms with Gasteiger partial charge in [-0.2, -0.15) is 0 Å². The van der Waals surface area contributed by atoms with Crippen molar-refractivity contribution in [3.63, 3.8) is 0 Å². The van der Waals surface area contributed by atoms with Gasteiger partial charge in [0.25, 0.3) is 0 Å². The van der Waals surface area contributed by atoms with E-state index in [2.05, 4.69) is 20.7 Å². The van der Waals surface area contributed by atoms with Crippen LogP contribution in [0.4, 0.5) is 21.7 Å². The molecule has 1 aromatic carbocycles. The maximum absolute atomic E-state index is 14.0. The van der Waals surface area contributed by atoms with Crippen LogP contribution in [0.1, 0.15) is 30.3 Å². The van der Waals surface area contributed by atoms with Gasteiger partial charge in [-0.15, -0.1) is 0 Å². The molecule has 112 valence electrons. The zero-order chi connectivity index (χ0) is 15.4. The normalized spacial score (nSPS) is 10.5. The first-order valence-corrected chi connectivity index (χ1v) is 6.92. The largest absolute Gasteiger partial charge is 0.337 e. The number of aromatic nitrogens is 2. The standard InChI is InChI=1S/C15H20FN5/c1-4-5-13-19-14(10(3)15(20-13)21-17)18-12-7-6-9(2)8-11(12)16/h6-8H,4-5,17H2,1-3H3,(H2,18,19,20,21). The van der Waals surface area contributed by atoms with Gasteiger partial charge in [-0.25, -0.2) is 20.2 Å². The highest BCUT2D eigenvalue weighted by atomic mass is 19.1. The lowest BCUT2D eigenvalue weighted by molar-refractivity contribution is 0.630. The Labute approximate surface area is 123 Å². The number of nitrogens with one attached hydrogen (secondary N) is 2. The fourth-order valence-corrected chi connectivity index (χ4v) is 2.01. The molecule has 1 heterocycles. The lowest BCUT2D eigenvalue weighted by Crippen LogP contribution is -2.14. The highest BCUT2D eigenvalue weighted by molar-refractivity contribution is 5.65. The average Bonchev–Trinajstić information content (AvgIpc) is 2.45. The van der Waals surface area contributed by atoms with Crippen LogP contribution in [0.15, 0.2) is 18.2 Å². The van der Waals surface area contributed by atoms with Gasteiger partial charge in [0.15, 0.2) is 0 Å². The van der Waals surface area contributed by atoms with E-state index in [9.17, 15) is 4.39 Å².